The van der Waals surface area contributed by atoms with Gasteiger partial charge in [0.2, 0.25) is 11.7 Å². The van der Waals surface area contributed by atoms with Gasteiger partial charge in [-0.2, -0.15) is 4.98 Å². The molecule has 0 radical (unpaired) electrons. The Balaban J connectivity index is 1.94. The van der Waals surface area contributed by atoms with Crippen LogP contribution in [0.4, 0.5) is 4.39 Å². The summed E-state index contributed by atoms with van der Waals surface area (Å²) in [7, 11) is 0. The minimum absolute atomic E-state index is 0.210. The third-order valence-corrected chi connectivity index (χ3v) is 3.72. The van der Waals surface area contributed by atoms with Crippen LogP contribution in [0.3, 0.4) is 0 Å². The Morgan fingerprint density at radius 2 is 2.22 bits per heavy atom. The second kappa shape index (κ2) is 4.44. The van der Waals surface area contributed by atoms with Crippen molar-refractivity contribution in [2.45, 2.75) is 18.9 Å². The molecule has 0 saturated heterocycles. The molecule has 0 amide bonds. The van der Waals surface area contributed by atoms with E-state index < -0.39 is 0 Å². The van der Waals surface area contributed by atoms with Gasteiger partial charge in [0.25, 0.3) is 0 Å². The number of halogens is 2. The van der Waals surface area contributed by atoms with Gasteiger partial charge in [0.15, 0.2) is 0 Å². The van der Waals surface area contributed by atoms with Crippen LogP contribution in [0, 0.1) is 11.7 Å². The Bertz CT molecular complexity index is 582. The molecule has 18 heavy (non-hydrogen) atoms. The number of benzene rings is 1. The fraction of sp³-hybridized carbons (Fsp3) is 0.333. The third kappa shape index (κ3) is 2.18. The molecule has 6 heteroatoms. The Kier molecular flexibility index (Phi) is 2.91. The largest absolute Gasteiger partial charge is 0.337 e. The van der Waals surface area contributed by atoms with Crippen molar-refractivity contribution in [2.75, 3.05) is 0 Å². The van der Waals surface area contributed by atoms with Gasteiger partial charge in [-0.1, -0.05) is 21.1 Å². The number of nitrogens with zero attached hydrogens (tertiary/aromatic N) is 2. The van der Waals surface area contributed by atoms with E-state index in [1.807, 2.05) is 0 Å². The van der Waals surface area contributed by atoms with Crippen molar-refractivity contribution in [1.29, 1.82) is 0 Å². The normalized spacial score (nSPS) is 16.8. The quantitative estimate of drug-likeness (QED) is 0.946. The highest BCUT2D eigenvalue weighted by molar-refractivity contribution is 9.10. The lowest BCUT2D eigenvalue weighted by Crippen LogP contribution is -2.12. The molecule has 1 aromatic carbocycles. The summed E-state index contributed by atoms with van der Waals surface area (Å²) in [5.74, 6) is 0.872. The molecular weight excluding hydrogens is 301 g/mol. The second-order valence-electron chi connectivity index (χ2n) is 4.44. The van der Waals surface area contributed by atoms with Crippen LogP contribution in [0.5, 0.6) is 0 Å². The summed E-state index contributed by atoms with van der Waals surface area (Å²) in [5, 5.41) is 3.86. The summed E-state index contributed by atoms with van der Waals surface area (Å²) < 4.78 is 19.1. The van der Waals surface area contributed by atoms with Crippen molar-refractivity contribution < 1.29 is 8.91 Å². The van der Waals surface area contributed by atoms with Gasteiger partial charge < -0.3 is 10.3 Å². The molecular formula is C12H11BrFN3O. The smallest absolute Gasteiger partial charge is 0.244 e. The first-order chi connectivity index (χ1) is 8.65. The number of aromatic nitrogens is 2. The van der Waals surface area contributed by atoms with Gasteiger partial charge in [-0.15, -0.1) is 0 Å². The van der Waals surface area contributed by atoms with Crippen LogP contribution in [0.2, 0.25) is 0 Å². The van der Waals surface area contributed by atoms with Crippen molar-refractivity contribution in [2.24, 2.45) is 11.7 Å². The van der Waals surface area contributed by atoms with Gasteiger partial charge in [0.1, 0.15) is 5.82 Å². The molecule has 2 N–H and O–H groups in total. The van der Waals surface area contributed by atoms with E-state index in [0.717, 1.165) is 17.3 Å². The zero-order valence-corrected chi connectivity index (χ0v) is 11.0. The predicted molar refractivity (Wildman–Crippen MR) is 67.0 cm³/mol. The fourth-order valence-corrected chi connectivity index (χ4v) is 2.23. The van der Waals surface area contributed by atoms with Crippen LogP contribution >= 0.6 is 15.9 Å². The van der Waals surface area contributed by atoms with Crippen molar-refractivity contribution in [3.05, 3.63) is 34.4 Å². The van der Waals surface area contributed by atoms with E-state index in [1.54, 1.807) is 6.07 Å². The van der Waals surface area contributed by atoms with Crippen molar-refractivity contribution >= 4 is 15.9 Å². The SMILES string of the molecule is NC(c1nc(-c2cc(F)ccc2Br)no1)C1CC1. The molecule has 94 valence electrons. The molecule has 1 aliphatic rings. The maximum atomic E-state index is 13.2. The van der Waals surface area contributed by atoms with E-state index in [4.69, 9.17) is 10.3 Å². The molecule has 0 bridgehead atoms. The summed E-state index contributed by atoms with van der Waals surface area (Å²) in [5.41, 5.74) is 6.54. The molecule has 1 aliphatic carbocycles. The summed E-state index contributed by atoms with van der Waals surface area (Å²) >= 11 is 3.34. The first kappa shape index (κ1) is 11.8. The van der Waals surface area contributed by atoms with Crippen molar-refractivity contribution in [3.8, 4) is 11.4 Å². The number of hydrogen-bond acceptors (Lipinski definition) is 4. The van der Waals surface area contributed by atoms with Crippen LogP contribution in [-0.2, 0) is 0 Å². The van der Waals surface area contributed by atoms with Gasteiger partial charge in [0.05, 0.1) is 6.04 Å². The maximum Gasteiger partial charge on any atom is 0.244 e. The molecule has 0 aliphatic heterocycles. The third-order valence-electron chi connectivity index (χ3n) is 3.03. The number of rotatable bonds is 3. The topological polar surface area (TPSA) is 64.9 Å². The zero-order chi connectivity index (χ0) is 12.7. The number of hydrogen-bond donors (Lipinski definition) is 1. The van der Waals surface area contributed by atoms with Gasteiger partial charge in [-0.05, 0) is 37.0 Å². The molecule has 1 fully saturated rings. The Morgan fingerprint density at radius 3 is 2.94 bits per heavy atom. The minimum atomic E-state index is -0.342. The van der Waals surface area contributed by atoms with E-state index in [-0.39, 0.29) is 11.9 Å². The molecule has 2 aromatic rings. The van der Waals surface area contributed by atoms with Crippen molar-refractivity contribution in [1.82, 2.24) is 10.1 Å². The summed E-state index contributed by atoms with van der Waals surface area (Å²) in [6.07, 6.45) is 2.20. The van der Waals surface area contributed by atoms with Gasteiger partial charge in [-0.3, -0.25) is 0 Å². The lowest BCUT2D eigenvalue weighted by Gasteiger charge is -2.02. The van der Waals surface area contributed by atoms with Crippen LogP contribution in [0.25, 0.3) is 11.4 Å². The highest BCUT2D eigenvalue weighted by atomic mass is 79.9. The molecule has 1 atom stereocenters. The molecule has 3 rings (SSSR count). The van der Waals surface area contributed by atoms with Gasteiger partial charge in [-0.25, -0.2) is 4.39 Å². The van der Waals surface area contributed by atoms with E-state index >= 15 is 0 Å². The molecule has 1 heterocycles. The summed E-state index contributed by atoms with van der Waals surface area (Å²) in [6.45, 7) is 0. The first-order valence-corrected chi connectivity index (χ1v) is 6.49. The van der Waals surface area contributed by atoms with Crippen LogP contribution in [0.15, 0.2) is 27.2 Å². The number of nitrogens with two attached hydrogens (primary N) is 1. The van der Waals surface area contributed by atoms with Crippen LogP contribution in [-0.4, -0.2) is 10.1 Å². The van der Waals surface area contributed by atoms with Gasteiger partial charge in [0, 0.05) is 10.0 Å². The molecule has 1 saturated carbocycles. The summed E-state index contributed by atoms with van der Waals surface area (Å²) in [4.78, 5) is 4.24. The Hall–Kier alpha value is -1.27. The van der Waals surface area contributed by atoms with E-state index in [2.05, 4.69) is 26.1 Å². The average Bonchev–Trinajstić information content (AvgIpc) is 3.09. The van der Waals surface area contributed by atoms with Crippen LogP contribution in [0.1, 0.15) is 24.8 Å². The van der Waals surface area contributed by atoms with Crippen LogP contribution < -0.4 is 5.73 Å². The molecule has 1 unspecified atom stereocenters. The second-order valence-corrected chi connectivity index (χ2v) is 5.30. The highest BCUT2D eigenvalue weighted by Crippen LogP contribution is 2.39. The standard InChI is InChI=1S/C12H11BrFN3O/c13-9-4-3-7(14)5-8(9)11-16-12(18-17-11)10(15)6-1-2-6/h3-6,10H,1-2,15H2. The lowest BCUT2D eigenvalue weighted by molar-refractivity contribution is 0.343. The monoisotopic (exact) mass is 311 g/mol. The maximum absolute atomic E-state index is 13.2. The van der Waals surface area contributed by atoms with E-state index in [9.17, 15) is 4.39 Å². The fourth-order valence-electron chi connectivity index (χ4n) is 1.81. The Morgan fingerprint density at radius 1 is 1.44 bits per heavy atom. The first-order valence-electron chi connectivity index (χ1n) is 5.70. The molecule has 1 aromatic heterocycles. The minimum Gasteiger partial charge on any atom is -0.337 e. The summed E-state index contributed by atoms with van der Waals surface area (Å²) in [6, 6.07) is 4.13. The van der Waals surface area contributed by atoms with Crippen molar-refractivity contribution in [3.63, 3.8) is 0 Å². The lowest BCUT2D eigenvalue weighted by atomic mass is 10.2. The highest BCUT2D eigenvalue weighted by Gasteiger charge is 2.33. The van der Waals surface area contributed by atoms with E-state index in [0.29, 0.717) is 23.2 Å². The average molecular weight is 312 g/mol. The van der Waals surface area contributed by atoms with Gasteiger partial charge >= 0.3 is 0 Å². The Labute approximate surface area is 112 Å². The van der Waals surface area contributed by atoms with E-state index in [1.165, 1.54) is 12.1 Å². The molecule has 4 nitrogen and oxygen atoms in total. The predicted octanol–water partition coefficient (Wildman–Crippen LogP) is 3.05. The zero-order valence-electron chi connectivity index (χ0n) is 9.44. The molecule has 0 spiro atoms.